The highest BCUT2D eigenvalue weighted by Crippen LogP contribution is 2.41. The maximum absolute atomic E-state index is 5.46. The van der Waals surface area contributed by atoms with Gasteiger partial charge in [-0.1, -0.05) is 24.3 Å². The number of benzene rings is 2. The van der Waals surface area contributed by atoms with Crippen molar-refractivity contribution >= 4 is 16.7 Å². The number of fused-ring (bicyclic) bond motifs is 1. The summed E-state index contributed by atoms with van der Waals surface area (Å²) in [6, 6.07) is 12.8. The molecule has 1 aliphatic rings. The molecule has 1 aliphatic carbocycles. The van der Waals surface area contributed by atoms with Crippen LogP contribution < -0.4 is 14.8 Å². The van der Waals surface area contributed by atoms with Gasteiger partial charge in [0.15, 0.2) is 11.5 Å². The first-order valence-corrected chi connectivity index (χ1v) is 9.36. The lowest BCUT2D eigenvalue weighted by Crippen LogP contribution is -2.10. The first kappa shape index (κ1) is 17.6. The molecule has 0 radical (unpaired) electrons. The molecule has 27 heavy (non-hydrogen) atoms. The predicted octanol–water partition coefficient (Wildman–Crippen LogP) is 5.01. The Morgan fingerprint density at radius 1 is 1.04 bits per heavy atom. The van der Waals surface area contributed by atoms with E-state index in [0.717, 1.165) is 28.5 Å². The van der Waals surface area contributed by atoms with Crippen molar-refractivity contribution in [2.45, 2.75) is 38.6 Å². The molecular formula is C22H25N3O2. The maximum Gasteiger partial charge on any atom is 0.162 e. The third kappa shape index (κ3) is 3.54. The number of rotatable bonds is 6. The molecule has 5 heteroatoms. The van der Waals surface area contributed by atoms with Gasteiger partial charge in [-0.3, -0.25) is 0 Å². The summed E-state index contributed by atoms with van der Waals surface area (Å²) in [5.41, 5.74) is 3.54. The number of ether oxygens (including phenoxy) is 2. The van der Waals surface area contributed by atoms with Crippen molar-refractivity contribution in [1.82, 2.24) is 9.97 Å². The van der Waals surface area contributed by atoms with Crippen LogP contribution in [0.4, 0.5) is 5.82 Å². The van der Waals surface area contributed by atoms with E-state index in [0.29, 0.717) is 11.5 Å². The second-order valence-corrected chi connectivity index (χ2v) is 7.15. The van der Waals surface area contributed by atoms with Crippen LogP contribution in [0.2, 0.25) is 0 Å². The molecule has 140 valence electrons. The number of aromatic nitrogens is 2. The van der Waals surface area contributed by atoms with Crippen molar-refractivity contribution < 1.29 is 9.47 Å². The SMILES string of the molecule is COc1cc2nc(C)nc(N[C@H](C)c3cccc(C4CC4)c3)c2cc1OC. The first-order valence-electron chi connectivity index (χ1n) is 9.36. The molecule has 5 nitrogen and oxygen atoms in total. The Bertz CT molecular complexity index is 983. The van der Waals surface area contributed by atoms with Crippen molar-refractivity contribution in [1.29, 1.82) is 0 Å². The second kappa shape index (κ2) is 7.06. The van der Waals surface area contributed by atoms with E-state index in [9.17, 15) is 0 Å². The molecule has 1 heterocycles. The van der Waals surface area contributed by atoms with E-state index in [2.05, 4.69) is 46.5 Å². The molecule has 1 saturated carbocycles. The van der Waals surface area contributed by atoms with Crippen molar-refractivity contribution in [3.8, 4) is 11.5 Å². The van der Waals surface area contributed by atoms with E-state index in [1.807, 2.05) is 19.1 Å². The van der Waals surface area contributed by atoms with Gasteiger partial charge in [-0.25, -0.2) is 9.97 Å². The zero-order valence-corrected chi connectivity index (χ0v) is 16.2. The fourth-order valence-electron chi connectivity index (χ4n) is 3.47. The Labute approximate surface area is 159 Å². The van der Waals surface area contributed by atoms with Crippen LogP contribution in [0.5, 0.6) is 11.5 Å². The van der Waals surface area contributed by atoms with Crippen molar-refractivity contribution in [3.05, 3.63) is 53.3 Å². The van der Waals surface area contributed by atoms with Gasteiger partial charge >= 0.3 is 0 Å². The zero-order valence-electron chi connectivity index (χ0n) is 16.2. The fraction of sp³-hybridized carbons (Fsp3) is 0.364. The molecule has 0 aliphatic heterocycles. The van der Waals surface area contributed by atoms with Crippen LogP contribution in [0.25, 0.3) is 10.9 Å². The molecule has 0 amide bonds. The number of hydrogen-bond acceptors (Lipinski definition) is 5. The van der Waals surface area contributed by atoms with Gasteiger partial charge in [-0.05, 0) is 49.8 Å². The highest BCUT2D eigenvalue weighted by Gasteiger charge is 2.24. The quantitative estimate of drug-likeness (QED) is 0.667. The maximum atomic E-state index is 5.46. The summed E-state index contributed by atoms with van der Waals surface area (Å²) in [5, 5.41) is 4.49. The summed E-state index contributed by atoms with van der Waals surface area (Å²) in [7, 11) is 3.27. The van der Waals surface area contributed by atoms with E-state index in [1.165, 1.54) is 24.0 Å². The van der Waals surface area contributed by atoms with Gasteiger partial charge in [-0.2, -0.15) is 0 Å². The number of aryl methyl sites for hydroxylation is 1. The third-order valence-electron chi connectivity index (χ3n) is 5.13. The number of nitrogens with zero attached hydrogens (tertiary/aromatic N) is 2. The highest BCUT2D eigenvalue weighted by molar-refractivity contribution is 5.92. The largest absolute Gasteiger partial charge is 0.493 e. The average molecular weight is 363 g/mol. The third-order valence-corrected chi connectivity index (χ3v) is 5.13. The lowest BCUT2D eigenvalue weighted by Gasteiger charge is -2.18. The molecule has 0 spiro atoms. The Morgan fingerprint density at radius 3 is 2.48 bits per heavy atom. The molecule has 0 unspecified atom stereocenters. The van der Waals surface area contributed by atoms with Gasteiger partial charge in [0.05, 0.1) is 19.7 Å². The smallest absolute Gasteiger partial charge is 0.162 e. The predicted molar refractivity (Wildman–Crippen MR) is 108 cm³/mol. The fourth-order valence-corrected chi connectivity index (χ4v) is 3.47. The van der Waals surface area contributed by atoms with Crippen molar-refractivity contribution in [2.75, 3.05) is 19.5 Å². The topological polar surface area (TPSA) is 56.3 Å². The summed E-state index contributed by atoms with van der Waals surface area (Å²) >= 11 is 0. The lowest BCUT2D eigenvalue weighted by molar-refractivity contribution is 0.356. The number of methoxy groups -OCH3 is 2. The van der Waals surface area contributed by atoms with E-state index in [-0.39, 0.29) is 6.04 Å². The Morgan fingerprint density at radius 2 is 1.78 bits per heavy atom. The summed E-state index contributed by atoms with van der Waals surface area (Å²) in [6.07, 6.45) is 2.62. The van der Waals surface area contributed by atoms with Crippen molar-refractivity contribution in [3.63, 3.8) is 0 Å². The highest BCUT2D eigenvalue weighted by atomic mass is 16.5. The van der Waals surface area contributed by atoms with Gasteiger partial charge in [-0.15, -0.1) is 0 Å². The minimum atomic E-state index is 0.134. The first-order chi connectivity index (χ1) is 13.1. The van der Waals surface area contributed by atoms with Crippen LogP contribution in [0.15, 0.2) is 36.4 Å². The van der Waals surface area contributed by atoms with E-state index in [1.54, 1.807) is 14.2 Å². The lowest BCUT2D eigenvalue weighted by atomic mass is 10.0. The normalized spacial score (nSPS) is 14.8. The Kier molecular flexibility index (Phi) is 4.60. The van der Waals surface area contributed by atoms with E-state index < -0.39 is 0 Å². The monoisotopic (exact) mass is 363 g/mol. The van der Waals surface area contributed by atoms with E-state index in [4.69, 9.17) is 9.47 Å². The molecule has 1 N–H and O–H groups in total. The molecule has 3 aromatic rings. The van der Waals surface area contributed by atoms with Crippen LogP contribution in [0.3, 0.4) is 0 Å². The summed E-state index contributed by atoms with van der Waals surface area (Å²) < 4.78 is 10.9. The van der Waals surface area contributed by atoms with Gasteiger partial charge in [0.2, 0.25) is 0 Å². The van der Waals surface area contributed by atoms with Crippen LogP contribution >= 0.6 is 0 Å². The Hall–Kier alpha value is -2.82. The molecule has 1 aromatic heterocycles. The minimum Gasteiger partial charge on any atom is -0.493 e. The van der Waals surface area contributed by atoms with Crippen LogP contribution in [-0.4, -0.2) is 24.2 Å². The molecule has 1 fully saturated rings. The van der Waals surface area contributed by atoms with Gasteiger partial charge in [0.1, 0.15) is 11.6 Å². The molecule has 0 bridgehead atoms. The molecule has 4 rings (SSSR count). The summed E-state index contributed by atoms with van der Waals surface area (Å²) in [4.78, 5) is 9.21. The standard InChI is InChI=1S/C22H25N3O2/c1-13(16-6-5-7-17(10-16)15-8-9-15)23-22-18-11-20(26-3)21(27-4)12-19(18)24-14(2)25-22/h5-7,10-13,15H,8-9H2,1-4H3,(H,23,24,25)/t13-/m1/s1. The number of nitrogens with one attached hydrogen (secondary N) is 1. The molecular weight excluding hydrogens is 338 g/mol. The molecule has 2 aromatic carbocycles. The van der Waals surface area contributed by atoms with Gasteiger partial charge in [0, 0.05) is 17.5 Å². The van der Waals surface area contributed by atoms with Crippen LogP contribution in [-0.2, 0) is 0 Å². The minimum absolute atomic E-state index is 0.134. The number of hydrogen-bond donors (Lipinski definition) is 1. The van der Waals surface area contributed by atoms with Crippen LogP contribution in [0, 0.1) is 6.92 Å². The van der Waals surface area contributed by atoms with Gasteiger partial charge in [0.25, 0.3) is 0 Å². The van der Waals surface area contributed by atoms with E-state index >= 15 is 0 Å². The van der Waals surface area contributed by atoms with Gasteiger partial charge < -0.3 is 14.8 Å². The zero-order chi connectivity index (χ0) is 19.0. The summed E-state index contributed by atoms with van der Waals surface area (Å²) in [6.45, 7) is 4.07. The van der Waals surface area contributed by atoms with Crippen LogP contribution in [0.1, 0.15) is 48.7 Å². The molecule has 0 saturated heterocycles. The number of anilines is 1. The average Bonchev–Trinajstić information content (AvgIpc) is 3.52. The second-order valence-electron chi connectivity index (χ2n) is 7.15. The summed E-state index contributed by atoms with van der Waals surface area (Å²) in [5.74, 6) is 3.61. The Balaban J connectivity index is 1.71. The molecule has 1 atom stereocenters. The van der Waals surface area contributed by atoms with Crippen molar-refractivity contribution in [2.24, 2.45) is 0 Å².